The van der Waals surface area contributed by atoms with Gasteiger partial charge in [0.25, 0.3) is 11.5 Å². The fourth-order valence-electron chi connectivity index (χ4n) is 5.73. The topological polar surface area (TPSA) is 106 Å². The molecule has 11 nitrogen and oxygen atoms in total. The Morgan fingerprint density at radius 2 is 1.60 bits per heavy atom. The van der Waals surface area contributed by atoms with Crippen LogP contribution in [0.4, 0.5) is 11.6 Å². The lowest BCUT2D eigenvalue weighted by Crippen LogP contribution is -2.53. The van der Waals surface area contributed by atoms with E-state index in [4.69, 9.17) is 28.2 Å². The zero-order valence-electron chi connectivity index (χ0n) is 23.4. The van der Waals surface area contributed by atoms with E-state index in [0.717, 1.165) is 15.7 Å². The molecule has 4 heterocycles. The standard InChI is InChI=1S/C29H29Cl2N7O4/c1-17-4-9-20(14-21(17)31)38-23(39)15-22(26(38)40)35-10-12-36(13-11-35)28-32-25-24(27(41)34(3)29(42)33(25)2)37(28)16-18-5-7-19(30)8-6-18/h4-9,14,22H,10-13,15-16H2,1-3H3. The minimum absolute atomic E-state index is 0.0948. The van der Waals surface area contributed by atoms with Crippen LogP contribution < -0.4 is 21.0 Å². The summed E-state index contributed by atoms with van der Waals surface area (Å²) in [6, 6.07) is 12.0. The van der Waals surface area contributed by atoms with E-state index >= 15 is 0 Å². The van der Waals surface area contributed by atoms with Crippen molar-refractivity contribution < 1.29 is 9.59 Å². The van der Waals surface area contributed by atoms with Gasteiger partial charge in [-0.2, -0.15) is 4.98 Å². The van der Waals surface area contributed by atoms with E-state index < -0.39 is 17.3 Å². The van der Waals surface area contributed by atoms with Crippen LogP contribution in [-0.2, 0) is 30.2 Å². The molecule has 0 spiro atoms. The number of hydrogen-bond donors (Lipinski definition) is 0. The molecule has 2 saturated heterocycles. The molecule has 2 aromatic heterocycles. The van der Waals surface area contributed by atoms with E-state index in [2.05, 4.69) is 4.90 Å². The summed E-state index contributed by atoms with van der Waals surface area (Å²) in [4.78, 5) is 62.4. The lowest BCUT2D eigenvalue weighted by Gasteiger charge is -2.37. The molecule has 1 atom stereocenters. The number of carbonyl (C=O) groups excluding carboxylic acids is 2. The predicted octanol–water partition coefficient (Wildman–Crippen LogP) is 2.55. The zero-order chi connectivity index (χ0) is 29.9. The van der Waals surface area contributed by atoms with Gasteiger partial charge in [-0.3, -0.25) is 33.0 Å². The van der Waals surface area contributed by atoms with Crippen LogP contribution in [0, 0.1) is 6.92 Å². The molecule has 2 aliphatic heterocycles. The number of amides is 2. The molecular weight excluding hydrogens is 581 g/mol. The first kappa shape index (κ1) is 28.2. The molecule has 1 unspecified atom stereocenters. The first-order chi connectivity index (χ1) is 20.0. The Bertz CT molecular complexity index is 1850. The van der Waals surface area contributed by atoms with Gasteiger partial charge in [-0.1, -0.05) is 41.4 Å². The van der Waals surface area contributed by atoms with Crippen molar-refractivity contribution in [2.45, 2.75) is 25.9 Å². The number of hydrogen-bond acceptors (Lipinski definition) is 7. The number of nitrogens with zero attached hydrogens (tertiary/aromatic N) is 7. The average Bonchev–Trinajstić information content (AvgIpc) is 3.50. The minimum atomic E-state index is -0.569. The monoisotopic (exact) mass is 609 g/mol. The molecule has 0 N–H and O–H groups in total. The van der Waals surface area contributed by atoms with Gasteiger partial charge in [0.05, 0.1) is 24.7 Å². The van der Waals surface area contributed by atoms with Crippen molar-refractivity contribution in [1.82, 2.24) is 23.6 Å². The second kappa shape index (κ2) is 10.7. The quantitative estimate of drug-likeness (QED) is 0.320. The predicted molar refractivity (Wildman–Crippen MR) is 162 cm³/mol. The second-order valence-electron chi connectivity index (χ2n) is 10.7. The zero-order valence-corrected chi connectivity index (χ0v) is 24.9. The Morgan fingerprint density at radius 1 is 0.905 bits per heavy atom. The van der Waals surface area contributed by atoms with Crippen molar-refractivity contribution in [3.8, 4) is 0 Å². The summed E-state index contributed by atoms with van der Waals surface area (Å²) in [5.41, 5.74) is 2.02. The van der Waals surface area contributed by atoms with Crippen molar-refractivity contribution in [3.05, 3.63) is 84.5 Å². The number of aromatic nitrogens is 4. The number of imide groups is 1. The van der Waals surface area contributed by atoms with E-state index in [-0.39, 0.29) is 18.2 Å². The maximum Gasteiger partial charge on any atom is 0.332 e. The highest BCUT2D eigenvalue weighted by Crippen LogP contribution is 2.30. The number of fused-ring (bicyclic) bond motifs is 1. The average molecular weight is 611 g/mol. The van der Waals surface area contributed by atoms with Gasteiger partial charge in [0, 0.05) is 50.3 Å². The smallest absolute Gasteiger partial charge is 0.332 e. The van der Waals surface area contributed by atoms with Crippen molar-refractivity contribution in [2.24, 2.45) is 14.1 Å². The summed E-state index contributed by atoms with van der Waals surface area (Å²) in [5.74, 6) is 0.0401. The second-order valence-corrected chi connectivity index (χ2v) is 11.6. The first-order valence-electron chi connectivity index (χ1n) is 13.6. The van der Waals surface area contributed by atoms with E-state index in [1.807, 2.05) is 28.5 Å². The Morgan fingerprint density at radius 3 is 2.26 bits per heavy atom. The molecule has 2 amide bonds. The Hall–Kier alpha value is -3.93. The largest absolute Gasteiger partial charge is 0.340 e. The molecular formula is C29H29Cl2N7O4. The van der Waals surface area contributed by atoms with E-state index in [0.29, 0.717) is 65.6 Å². The van der Waals surface area contributed by atoms with Gasteiger partial charge in [0.1, 0.15) is 0 Å². The normalized spacial score (nSPS) is 18.1. The molecule has 6 rings (SSSR count). The number of aryl methyl sites for hydroxylation is 2. The Balaban J connectivity index is 1.28. The highest BCUT2D eigenvalue weighted by atomic mass is 35.5. The summed E-state index contributed by atoms with van der Waals surface area (Å²) in [5, 5.41) is 1.10. The lowest BCUT2D eigenvalue weighted by atomic mass is 10.1. The molecule has 2 aromatic carbocycles. The highest BCUT2D eigenvalue weighted by molar-refractivity contribution is 6.32. The third kappa shape index (κ3) is 4.71. The van der Waals surface area contributed by atoms with Crippen molar-refractivity contribution in [3.63, 3.8) is 0 Å². The molecule has 0 radical (unpaired) electrons. The van der Waals surface area contributed by atoms with Crippen molar-refractivity contribution >= 4 is 57.8 Å². The fourth-order valence-corrected chi connectivity index (χ4v) is 6.03. The number of imidazole rings is 1. The van der Waals surface area contributed by atoms with Gasteiger partial charge in [-0.25, -0.2) is 9.69 Å². The summed E-state index contributed by atoms with van der Waals surface area (Å²) >= 11 is 12.4. The van der Waals surface area contributed by atoms with E-state index in [1.54, 1.807) is 37.4 Å². The van der Waals surface area contributed by atoms with Crippen LogP contribution in [0.3, 0.4) is 0 Å². The Labute approximate surface area is 251 Å². The molecule has 4 aromatic rings. The molecule has 42 heavy (non-hydrogen) atoms. The molecule has 0 bridgehead atoms. The highest BCUT2D eigenvalue weighted by Gasteiger charge is 2.43. The molecule has 0 saturated carbocycles. The van der Waals surface area contributed by atoms with Crippen LogP contribution in [0.15, 0.2) is 52.1 Å². The third-order valence-corrected chi connectivity index (χ3v) is 8.82. The number of anilines is 2. The SMILES string of the molecule is Cc1ccc(N2C(=O)CC(N3CCN(c4nc5c(c(=O)n(C)c(=O)n5C)n4Cc4ccc(Cl)cc4)CC3)C2=O)cc1Cl. The summed E-state index contributed by atoms with van der Waals surface area (Å²) in [6.07, 6.45) is 0.0948. The number of halogens is 2. The van der Waals surface area contributed by atoms with Gasteiger partial charge in [-0.15, -0.1) is 0 Å². The minimum Gasteiger partial charge on any atom is -0.340 e. The van der Waals surface area contributed by atoms with Crippen molar-refractivity contribution in [1.29, 1.82) is 0 Å². The van der Waals surface area contributed by atoms with Crippen LogP contribution in [-0.4, -0.2) is 67.6 Å². The summed E-state index contributed by atoms with van der Waals surface area (Å²) in [7, 11) is 3.05. The van der Waals surface area contributed by atoms with Crippen molar-refractivity contribution in [2.75, 3.05) is 36.0 Å². The van der Waals surface area contributed by atoms with Gasteiger partial charge < -0.3 is 4.90 Å². The molecule has 2 fully saturated rings. The van der Waals surface area contributed by atoms with E-state index in [1.165, 1.54) is 16.5 Å². The fraction of sp³-hybridized carbons (Fsp3) is 0.345. The van der Waals surface area contributed by atoms with Crippen LogP contribution in [0.5, 0.6) is 0 Å². The Kier molecular flexibility index (Phi) is 7.20. The maximum atomic E-state index is 13.4. The first-order valence-corrected chi connectivity index (χ1v) is 14.3. The van der Waals surface area contributed by atoms with Gasteiger partial charge >= 0.3 is 5.69 Å². The van der Waals surface area contributed by atoms with E-state index in [9.17, 15) is 19.2 Å². The number of carbonyl (C=O) groups is 2. The third-order valence-electron chi connectivity index (χ3n) is 8.16. The van der Waals surface area contributed by atoms with Crippen LogP contribution in [0.2, 0.25) is 10.0 Å². The number of rotatable bonds is 5. The van der Waals surface area contributed by atoms with Gasteiger partial charge in [-0.05, 0) is 42.3 Å². The lowest BCUT2D eigenvalue weighted by molar-refractivity contribution is -0.123. The number of benzene rings is 2. The molecule has 218 valence electrons. The maximum absolute atomic E-state index is 13.4. The number of piperazine rings is 1. The van der Waals surface area contributed by atoms with Crippen LogP contribution in [0.1, 0.15) is 17.5 Å². The van der Waals surface area contributed by atoms with Gasteiger partial charge in [0.2, 0.25) is 11.9 Å². The summed E-state index contributed by atoms with van der Waals surface area (Å²) < 4.78 is 4.30. The summed E-state index contributed by atoms with van der Waals surface area (Å²) in [6.45, 7) is 4.24. The molecule has 0 aliphatic carbocycles. The van der Waals surface area contributed by atoms with Crippen LogP contribution >= 0.6 is 23.2 Å². The molecule has 13 heteroatoms. The van der Waals surface area contributed by atoms with Gasteiger partial charge in [0.15, 0.2) is 11.2 Å². The van der Waals surface area contributed by atoms with Crippen LogP contribution in [0.25, 0.3) is 11.2 Å². The molecule has 2 aliphatic rings.